The van der Waals surface area contributed by atoms with Crippen molar-refractivity contribution in [2.75, 3.05) is 6.61 Å². The molecular weight excluding hydrogens is 563 g/mol. The van der Waals surface area contributed by atoms with Gasteiger partial charge in [-0.3, -0.25) is 10.1 Å². The van der Waals surface area contributed by atoms with Crippen molar-refractivity contribution < 1.29 is 33.8 Å². The van der Waals surface area contributed by atoms with Gasteiger partial charge in [-0.15, -0.1) is 11.3 Å². The first kappa shape index (κ1) is 27.3. The van der Waals surface area contributed by atoms with Crippen LogP contribution in [0.25, 0.3) is 21.3 Å². The first-order valence-corrected chi connectivity index (χ1v) is 13.8. The van der Waals surface area contributed by atoms with E-state index in [1.807, 2.05) is 0 Å². The van der Waals surface area contributed by atoms with Gasteiger partial charge in [-0.25, -0.2) is 14.2 Å². The summed E-state index contributed by atoms with van der Waals surface area (Å²) in [6.45, 7) is 0.369. The number of rotatable bonds is 8. The summed E-state index contributed by atoms with van der Waals surface area (Å²) >= 11 is 1.41. The summed E-state index contributed by atoms with van der Waals surface area (Å²) in [6.07, 6.45) is -0.637. The van der Waals surface area contributed by atoms with E-state index in [1.165, 1.54) is 53.8 Å². The Bertz CT molecular complexity index is 1820. The van der Waals surface area contributed by atoms with Crippen molar-refractivity contribution in [3.05, 3.63) is 116 Å². The average molecular weight is 587 g/mol. The normalized spacial score (nSPS) is 16.0. The lowest BCUT2D eigenvalue weighted by Gasteiger charge is -2.31. The smallest absolute Gasteiger partial charge is 0.336 e. The van der Waals surface area contributed by atoms with E-state index in [4.69, 9.17) is 9.47 Å². The number of carboxylic acid groups (broad SMARTS) is 1. The molecule has 0 bridgehead atoms. The highest BCUT2D eigenvalue weighted by Gasteiger charge is 2.31. The maximum atomic E-state index is 13.5. The molecule has 2 atom stereocenters. The molecule has 1 aliphatic rings. The summed E-state index contributed by atoms with van der Waals surface area (Å²) in [5.74, 6) is -0.866. The van der Waals surface area contributed by atoms with Gasteiger partial charge in [0.05, 0.1) is 33.4 Å². The Morgan fingerprint density at radius 1 is 1.12 bits per heavy atom. The lowest BCUT2D eigenvalue weighted by molar-refractivity contribution is -0.384. The van der Waals surface area contributed by atoms with E-state index in [2.05, 4.69) is 4.98 Å². The van der Waals surface area contributed by atoms with Crippen molar-refractivity contribution in [1.29, 1.82) is 0 Å². The van der Waals surface area contributed by atoms with Crippen molar-refractivity contribution in [1.82, 2.24) is 4.98 Å². The minimum Gasteiger partial charge on any atom is -0.493 e. The lowest BCUT2D eigenvalue weighted by atomic mass is 9.84. The number of aliphatic hydroxyl groups excluding tert-OH is 1. The third-order valence-electron chi connectivity index (χ3n) is 7.19. The second-order valence-electron chi connectivity index (χ2n) is 9.88. The number of aromatic carboxylic acids is 1. The fraction of sp³-hybridized carbons (Fsp3) is 0.161. The number of non-ortho nitro benzene ring substituents is 1. The van der Waals surface area contributed by atoms with E-state index >= 15 is 0 Å². The van der Waals surface area contributed by atoms with Crippen molar-refractivity contribution >= 4 is 33.2 Å². The molecule has 0 saturated carbocycles. The second kappa shape index (κ2) is 11.2. The molecule has 1 aliphatic heterocycles. The fourth-order valence-electron chi connectivity index (χ4n) is 5.17. The van der Waals surface area contributed by atoms with Gasteiger partial charge in [0, 0.05) is 29.7 Å². The van der Waals surface area contributed by atoms with Crippen molar-refractivity contribution in [3.8, 4) is 22.6 Å². The number of fused-ring (bicyclic) bond motifs is 2. The van der Waals surface area contributed by atoms with Crippen LogP contribution >= 0.6 is 11.3 Å². The zero-order chi connectivity index (χ0) is 29.4. The molecule has 4 aromatic carbocycles. The number of nitro benzene ring substituents is 1. The van der Waals surface area contributed by atoms with Gasteiger partial charge in [-0.1, -0.05) is 12.1 Å². The van der Waals surface area contributed by atoms with Gasteiger partial charge < -0.3 is 19.7 Å². The van der Waals surface area contributed by atoms with Gasteiger partial charge in [-0.05, 0) is 71.6 Å². The molecule has 2 heterocycles. The number of nitrogens with zero attached hydrogens (tertiary/aromatic N) is 2. The zero-order valence-corrected chi connectivity index (χ0v) is 22.7. The molecule has 0 amide bonds. The summed E-state index contributed by atoms with van der Waals surface area (Å²) in [4.78, 5) is 27.1. The maximum Gasteiger partial charge on any atom is 0.336 e. The Hall–Kier alpha value is -4.87. The summed E-state index contributed by atoms with van der Waals surface area (Å²) in [5, 5.41) is 33.1. The highest BCUT2D eigenvalue weighted by molar-refractivity contribution is 7.18. The molecule has 0 aliphatic carbocycles. The summed E-state index contributed by atoms with van der Waals surface area (Å²) in [5.41, 5.74) is 2.69. The molecule has 9 nitrogen and oxygen atoms in total. The molecule has 0 spiro atoms. The number of ether oxygens (including phenoxy) is 2. The van der Waals surface area contributed by atoms with Gasteiger partial charge in [0.1, 0.15) is 28.9 Å². The SMILES string of the molecule is O=C(O)c1cccc(C[C@@H]2COc3ccc(OCc4nc5cc(F)ccc5s4)cc3[C@@H]2O)c1-c1ccc([N+](=O)[O-])cc1. The predicted molar refractivity (Wildman–Crippen MR) is 153 cm³/mol. The number of benzene rings is 4. The number of hydrogen-bond acceptors (Lipinski definition) is 8. The van der Waals surface area contributed by atoms with Gasteiger partial charge in [0.2, 0.25) is 0 Å². The Morgan fingerprint density at radius 3 is 2.69 bits per heavy atom. The number of hydrogen-bond donors (Lipinski definition) is 2. The van der Waals surface area contributed by atoms with Crippen LogP contribution in [-0.2, 0) is 13.0 Å². The maximum absolute atomic E-state index is 13.5. The summed E-state index contributed by atoms with van der Waals surface area (Å²) in [6, 6.07) is 20.2. The van der Waals surface area contributed by atoms with E-state index in [9.17, 15) is 29.5 Å². The number of aliphatic hydroxyl groups is 1. The van der Waals surface area contributed by atoms with E-state index in [-0.39, 0.29) is 30.3 Å². The highest BCUT2D eigenvalue weighted by Crippen LogP contribution is 2.41. The van der Waals surface area contributed by atoms with Crippen LogP contribution in [0, 0.1) is 21.8 Å². The van der Waals surface area contributed by atoms with E-state index in [0.29, 0.717) is 50.7 Å². The first-order valence-electron chi connectivity index (χ1n) is 13.0. The van der Waals surface area contributed by atoms with Gasteiger partial charge in [0.25, 0.3) is 5.69 Å². The molecule has 2 N–H and O–H groups in total. The molecule has 42 heavy (non-hydrogen) atoms. The monoisotopic (exact) mass is 586 g/mol. The van der Waals surface area contributed by atoms with Crippen molar-refractivity contribution in [2.45, 2.75) is 19.1 Å². The Morgan fingerprint density at radius 2 is 1.93 bits per heavy atom. The van der Waals surface area contributed by atoms with Gasteiger partial charge in [-0.2, -0.15) is 0 Å². The number of halogens is 1. The number of carbonyl (C=O) groups is 1. The minimum atomic E-state index is -1.13. The predicted octanol–water partition coefficient (Wildman–Crippen LogP) is 6.57. The van der Waals surface area contributed by atoms with Crippen molar-refractivity contribution in [3.63, 3.8) is 0 Å². The Labute approximate surface area is 242 Å². The third-order valence-corrected chi connectivity index (χ3v) is 8.20. The molecule has 212 valence electrons. The number of thiazole rings is 1. The molecule has 6 rings (SSSR count). The molecule has 0 saturated heterocycles. The van der Waals surface area contributed by atoms with Crippen LogP contribution in [0.2, 0.25) is 0 Å². The molecule has 0 radical (unpaired) electrons. The molecule has 11 heteroatoms. The Kier molecular flexibility index (Phi) is 7.27. The topological polar surface area (TPSA) is 132 Å². The van der Waals surface area contributed by atoms with Crippen LogP contribution in [0.15, 0.2) is 78.9 Å². The van der Waals surface area contributed by atoms with E-state index in [0.717, 1.165) is 4.70 Å². The largest absolute Gasteiger partial charge is 0.493 e. The molecule has 0 unspecified atom stereocenters. The third kappa shape index (κ3) is 5.39. The number of aromatic nitrogens is 1. The van der Waals surface area contributed by atoms with Crippen LogP contribution in [-0.4, -0.2) is 32.7 Å². The summed E-state index contributed by atoms with van der Waals surface area (Å²) < 4.78 is 26.3. The first-order chi connectivity index (χ1) is 20.3. The zero-order valence-electron chi connectivity index (χ0n) is 21.9. The van der Waals surface area contributed by atoms with Crippen LogP contribution in [0.5, 0.6) is 11.5 Å². The lowest BCUT2D eigenvalue weighted by Crippen LogP contribution is -2.28. The van der Waals surface area contributed by atoms with Crippen LogP contribution < -0.4 is 9.47 Å². The number of carboxylic acids is 1. The quantitative estimate of drug-likeness (QED) is 0.154. The van der Waals surface area contributed by atoms with Gasteiger partial charge in [0.15, 0.2) is 0 Å². The van der Waals surface area contributed by atoms with Crippen LogP contribution in [0.4, 0.5) is 10.1 Å². The Balaban J connectivity index is 1.24. The van der Waals surface area contributed by atoms with Crippen molar-refractivity contribution in [2.24, 2.45) is 5.92 Å². The van der Waals surface area contributed by atoms with Crippen LogP contribution in [0.1, 0.15) is 32.6 Å². The molecule has 1 aromatic heterocycles. The van der Waals surface area contributed by atoms with Gasteiger partial charge >= 0.3 is 5.97 Å². The average Bonchev–Trinajstić information content (AvgIpc) is 3.39. The minimum absolute atomic E-state index is 0.0567. The number of nitro groups is 1. The fourth-order valence-corrected chi connectivity index (χ4v) is 6.03. The van der Waals surface area contributed by atoms with E-state index < -0.39 is 22.9 Å². The molecular formula is C31H23FN2O7S. The molecule has 5 aromatic rings. The van der Waals surface area contributed by atoms with Crippen LogP contribution in [0.3, 0.4) is 0 Å². The van der Waals surface area contributed by atoms with E-state index in [1.54, 1.807) is 36.4 Å². The highest BCUT2D eigenvalue weighted by atomic mass is 32.1. The summed E-state index contributed by atoms with van der Waals surface area (Å²) in [7, 11) is 0. The molecule has 0 fully saturated rings. The standard InChI is InChI=1S/C31H23FN2O7S/c32-20-6-11-27-25(13-20)33-28(42-27)16-40-22-9-10-26-24(14-22)30(35)19(15-41-26)12-18-2-1-3-23(31(36)37)29(18)17-4-7-21(8-5-17)34(38)39/h1-11,13-14,19,30,35H,12,15-16H2,(H,36,37)/t19-,30-/m1/s1. The second-order valence-corrected chi connectivity index (χ2v) is 11.0.